The molecular weight excluding hydrogens is 336 g/mol. The van der Waals surface area contributed by atoms with Gasteiger partial charge in [0.25, 0.3) is 0 Å². The van der Waals surface area contributed by atoms with Crippen molar-refractivity contribution in [2.24, 2.45) is 0 Å². The largest absolute Gasteiger partial charge is 0.294 e. The standard InChI is InChI=1S/C17H16BrClO/c1-10-6-11(2)14(12(3)7-10)9-17(20)15-8-13(19)4-5-16(15)18/h4-8H,9H2,1-3H3. The smallest absolute Gasteiger partial charge is 0.168 e. The molecule has 0 unspecified atom stereocenters. The van der Waals surface area contributed by atoms with Crippen LogP contribution >= 0.6 is 27.5 Å². The molecule has 0 heterocycles. The minimum atomic E-state index is 0.0782. The maximum absolute atomic E-state index is 12.5. The topological polar surface area (TPSA) is 17.1 Å². The first-order valence-corrected chi connectivity index (χ1v) is 7.60. The fourth-order valence-electron chi connectivity index (χ4n) is 2.46. The van der Waals surface area contributed by atoms with Crippen LogP contribution < -0.4 is 0 Å². The van der Waals surface area contributed by atoms with Crippen molar-refractivity contribution in [1.82, 2.24) is 0 Å². The van der Waals surface area contributed by atoms with Crippen LogP contribution in [-0.2, 0) is 6.42 Å². The zero-order valence-corrected chi connectivity index (χ0v) is 14.1. The lowest BCUT2D eigenvalue weighted by Crippen LogP contribution is -2.07. The molecule has 0 aliphatic heterocycles. The second-order valence-corrected chi connectivity index (χ2v) is 6.39. The highest BCUT2D eigenvalue weighted by atomic mass is 79.9. The van der Waals surface area contributed by atoms with E-state index in [1.54, 1.807) is 12.1 Å². The van der Waals surface area contributed by atoms with Crippen molar-refractivity contribution in [3.05, 3.63) is 67.6 Å². The number of Topliss-reactive ketones (excluding diaryl/α,β-unsaturated/α-hetero) is 1. The van der Waals surface area contributed by atoms with Crippen molar-refractivity contribution in [2.75, 3.05) is 0 Å². The number of halogens is 2. The van der Waals surface area contributed by atoms with Crippen molar-refractivity contribution in [3.63, 3.8) is 0 Å². The molecule has 0 radical (unpaired) electrons. The Kier molecular flexibility index (Phi) is 4.66. The van der Waals surface area contributed by atoms with Gasteiger partial charge in [-0.2, -0.15) is 0 Å². The van der Waals surface area contributed by atoms with Crippen LogP contribution in [0, 0.1) is 20.8 Å². The summed E-state index contributed by atoms with van der Waals surface area (Å²) in [6.45, 7) is 6.17. The van der Waals surface area contributed by atoms with E-state index in [0.717, 1.165) is 21.2 Å². The lowest BCUT2D eigenvalue weighted by atomic mass is 9.94. The molecule has 0 saturated carbocycles. The summed E-state index contributed by atoms with van der Waals surface area (Å²) in [5.41, 5.74) is 5.28. The molecule has 0 N–H and O–H groups in total. The first-order chi connectivity index (χ1) is 9.38. The van der Waals surface area contributed by atoms with E-state index in [0.29, 0.717) is 17.0 Å². The normalized spacial score (nSPS) is 10.7. The SMILES string of the molecule is Cc1cc(C)c(CC(=O)c2cc(Cl)ccc2Br)c(C)c1. The monoisotopic (exact) mass is 350 g/mol. The molecular formula is C17H16BrClO. The molecule has 3 heteroatoms. The number of benzene rings is 2. The minimum absolute atomic E-state index is 0.0782. The molecule has 0 atom stereocenters. The molecule has 2 aromatic carbocycles. The average molecular weight is 352 g/mol. The summed E-state index contributed by atoms with van der Waals surface area (Å²) in [7, 11) is 0. The van der Waals surface area contributed by atoms with Crippen molar-refractivity contribution < 1.29 is 4.79 Å². The predicted molar refractivity (Wildman–Crippen MR) is 87.8 cm³/mol. The van der Waals surface area contributed by atoms with Gasteiger partial charge in [0.05, 0.1) is 0 Å². The second kappa shape index (κ2) is 6.11. The third-order valence-electron chi connectivity index (χ3n) is 3.41. The molecule has 2 rings (SSSR count). The zero-order chi connectivity index (χ0) is 14.9. The van der Waals surface area contributed by atoms with Crippen molar-refractivity contribution >= 4 is 33.3 Å². The summed E-state index contributed by atoms with van der Waals surface area (Å²) in [5, 5.41) is 0.578. The number of carbonyl (C=O) groups excluding carboxylic acids is 1. The summed E-state index contributed by atoms with van der Waals surface area (Å²) >= 11 is 9.39. The van der Waals surface area contributed by atoms with Gasteiger partial charge in [0.1, 0.15) is 0 Å². The van der Waals surface area contributed by atoms with Gasteiger partial charge in [-0.05, 0) is 55.7 Å². The molecule has 0 fully saturated rings. The fraction of sp³-hybridized carbons (Fsp3) is 0.235. The maximum atomic E-state index is 12.5. The number of hydrogen-bond acceptors (Lipinski definition) is 1. The molecule has 0 amide bonds. The second-order valence-electron chi connectivity index (χ2n) is 5.10. The highest BCUT2D eigenvalue weighted by Crippen LogP contribution is 2.24. The third-order valence-corrected chi connectivity index (χ3v) is 4.33. The van der Waals surface area contributed by atoms with Gasteiger partial charge in [0.2, 0.25) is 0 Å². The number of ketones is 1. The number of rotatable bonds is 3. The molecule has 0 aliphatic rings. The fourth-order valence-corrected chi connectivity index (χ4v) is 3.10. The van der Waals surface area contributed by atoms with Crippen LogP contribution in [-0.4, -0.2) is 5.78 Å². The molecule has 0 saturated heterocycles. The Bertz CT molecular complexity index is 654. The van der Waals surface area contributed by atoms with E-state index in [1.165, 1.54) is 5.56 Å². The Morgan fingerprint density at radius 2 is 1.70 bits per heavy atom. The van der Waals surface area contributed by atoms with Crippen LogP contribution in [0.1, 0.15) is 32.6 Å². The molecule has 0 bridgehead atoms. The van der Waals surface area contributed by atoms with E-state index in [-0.39, 0.29) is 5.78 Å². The van der Waals surface area contributed by atoms with Gasteiger partial charge >= 0.3 is 0 Å². The molecule has 0 aliphatic carbocycles. The highest BCUT2D eigenvalue weighted by Gasteiger charge is 2.14. The lowest BCUT2D eigenvalue weighted by Gasteiger charge is -2.11. The summed E-state index contributed by atoms with van der Waals surface area (Å²) < 4.78 is 0.786. The van der Waals surface area contributed by atoms with Gasteiger partial charge in [-0.15, -0.1) is 0 Å². The van der Waals surface area contributed by atoms with Crippen molar-refractivity contribution in [1.29, 1.82) is 0 Å². The quantitative estimate of drug-likeness (QED) is 0.672. The van der Waals surface area contributed by atoms with E-state index >= 15 is 0 Å². The Labute approximate surface area is 133 Å². The Morgan fingerprint density at radius 3 is 2.30 bits per heavy atom. The van der Waals surface area contributed by atoms with E-state index in [1.807, 2.05) is 6.07 Å². The van der Waals surface area contributed by atoms with E-state index in [9.17, 15) is 4.79 Å². The number of aryl methyl sites for hydroxylation is 3. The average Bonchev–Trinajstić information content (AvgIpc) is 2.36. The van der Waals surface area contributed by atoms with Gasteiger partial charge in [-0.3, -0.25) is 4.79 Å². The molecule has 1 nitrogen and oxygen atoms in total. The maximum Gasteiger partial charge on any atom is 0.168 e. The van der Waals surface area contributed by atoms with Gasteiger partial charge in [0.15, 0.2) is 5.78 Å². The summed E-state index contributed by atoms with van der Waals surface area (Å²) in [6, 6.07) is 9.52. The van der Waals surface area contributed by atoms with Crippen LogP contribution in [0.15, 0.2) is 34.8 Å². The van der Waals surface area contributed by atoms with E-state index < -0.39 is 0 Å². The van der Waals surface area contributed by atoms with E-state index in [2.05, 4.69) is 48.8 Å². The number of carbonyl (C=O) groups is 1. The van der Waals surface area contributed by atoms with Crippen LogP contribution in [0.25, 0.3) is 0 Å². The third kappa shape index (κ3) is 3.31. The Morgan fingerprint density at radius 1 is 1.10 bits per heavy atom. The van der Waals surface area contributed by atoms with Gasteiger partial charge in [-0.1, -0.05) is 45.2 Å². The lowest BCUT2D eigenvalue weighted by molar-refractivity contribution is 0.0992. The molecule has 0 spiro atoms. The Hall–Kier alpha value is -1.12. The van der Waals surface area contributed by atoms with Gasteiger partial charge in [-0.25, -0.2) is 0 Å². The number of hydrogen-bond donors (Lipinski definition) is 0. The predicted octanol–water partition coefficient (Wildman–Crippen LogP) is 5.45. The first kappa shape index (κ1) is 15.3. The van der Waals surface area contributed by atoms with Crippen LogP contribution in [0.2, 0.25) is 5.02 Å². The van der Waals surface area contributed by atoms with Crippen molar-refractivity contribution in [2.45, 2.75) is 27.2 Å². The van der Waals surface area contributed by atoms with Gasteiger partial charge in [0, 0.05) is 21.5 Å². The molecule has 20 heavy (non-hydrogen) atoms. The van der Waals surface area contributed by atoms with Gasteiger partial charge < -0.3 is 0 Å². The summed E-state index contributed by atoms with van der Waals surface area (Å²) in [5.74, 6) is 0.0782. The molecule has 2 aromatic rings. The van der Waals surface area contributed by atoms with Crippen LogP contribution in [0.5, 0.6) is 0 Å². The summed E-state index contributed by atoms with van der Waals surface area (Å²) in [4.78, 5) is 12.5. The first-order valence-electron chi connectivity index (χ1n) is 6.43. The highest BCUT2D eigenvalue weighted by molar-refractivity contribution is 9.10. The molecule has 104 valence electrons. The van der Waals surface area contributed by atoms with Crippen molar-refractivity contribution in [3.8, 4) is 0 Å². The molecule has 0 aromatic heterocycles. The Balaban J connectivity index is 2.35. The van der Waals surface area contributed by atoms with Crippen LogP contribution in [0.4, 0.5) is 0 Å². The summed E-state index contributed by atoms with van der Waals surface area (Å²) in [6.07, 6.45) is 0.400. The zero-order valence-electron chi connectivity index (χ0n) is 11.8. The van der Waals surface area contributed by atoms with Crippen LogP contribution in [0.3, 0.4) is 0 Å². The minimum Gasteiger partial charge on any atom is -0.294 e. The van der Waals surface area contributed by atoms with E-state index in [4.69, 9.17) is 11.6 Å².